The van der Waals surface area contributed by atoms with Crippen LogP contribution in [-0.2, 0) is 4.79 Å². The van der Waals surface area contributed by atoms with Crippen LogP contribution in [0.2, 0.25) is 0 Å². The Morgan fingerprint density at radius 2 is 2.32 bits per heavy atom. The number of nitrogens with two attached hydrogens (primary N) is 1. The minimum Gasteiger partial charge on any atom is -0.398 e. The van der Waals surface area contributed by atoms with E-state index < -0.39 is 0 Å². The molecule has 5 heteroatoms. The molecule has 0 saturated carbocycles. The van der Waals surface area contributed by atoms with E-state index in [-0.39, 0.29) is 11.7 Å². The number of carbonyl (C=O) groups is 1. The molecule has 0 atom stereocenters. The first-order chi connectivity index (χ1) is 9.08. The first-order valence-corrected chi connectivity index (χ1v) is 7.20. The van der Waals surface area contributed by atoms with Crippen LogP contribution in [0.4, 0.5) is 10.1 Å². The lowest BCUT2D eigenvalue weighted by Gasteiger charge is -2.18. The summed E-state index contributed by atoms with van der Waals surface area (Å²) in [6, 6.07) is 4.24. The van der Waals surface area contributed by atoms with Crippen molar-refractivity contribution in [3.63, 3.8) is 0 Å². The molecule has 0 aromatic heterocycles. The lowest BCUT2D eigenvalue weighted by atomic mass is 10.3. The van der Waals surface area contributed by atoms with Gasteiger partial charge in [0, 0.05) is 23.3 Å². The zero-order valence-electron chi connectivity index (χ0n) is 10.9. The minimum atomic E-state index is -0.360. The molecule has 2 rings (SSSR count). The molecule has 0 unspecified atom stereocenters. The fourth-order valence-electron chi connectivity index (χ4n) is 2.01. The summed E-state index contributed by atoms with van der Waals surface area (Å²) < 4.78 is 12.9. The molecule has 1 aromatic carbocycles. The second-order valence-corrected chi connectivity index (χ2v) is 5.53. The monoisotopic (exact) mass is 280 g/mol. The Bertz CT molecular complexity index is 516. The van der Waals surface area contributed by atoms with Gasteiger partial charge in [-0.05, 0) is 37.5 Å². The highest BCUT2D eigenvalue weighted by Gasteiger charge is 2.16. The predicted molar refractivity (Wildman–Crippen MR) is 76.2 cm³/mol. The topological polar surface area (TPSA) is 46.3 Å². The van der Waals surface area contributed by atoms with Crippen LogP contribution in [0.15, 0.2) is 34.9 Å². The number of halogens is 1. The van der Waals surface area contributed by atoms with E-state index in [0.717, 1.165) is 29.9 Å². The Kier molecular flexibility index (Phi) is 4.47. The van der Waals surface area contributed by atoms with Gasteiger partial charge in [-0.2, -0.15) is 0 Å². The van der Waals surface area contributed by atoms with Crippen molar-refractivity contribution in [3.05, 3.63) is 35.8 Å². The number of carbonyl (C=O) groups excluding carboxylic acids is 1. The average molecular weight is 280 g/mol. The van der Waals surface area contributed by atoms with Gasteiger partial charge in [-0.15, -0.1) is 11.8 Å². The molecule has 0 radical (unpaired) electrons. The number of thioether (sulfide) groups is 1. The molecule has 1 aliphatic rings. The van der Waals surface area contributed by atoms with E-state index in [1.807, 2.05) is 0 Å². The number of allylic oxidation sites excluding steroid dienone is 2. The van der Waals surface area contributed by atoms with E-state index in [0.29, 0.717) is 11.4 Å². The van der Waals surface area contributed by atoms with Gasteiger partial charge >= 0.3 is 0 Å². The number of anilines is 1. The van der Waals surface area contributed by atoms with Gasteiger partial charge in [0.05, 0.1) is 5.75 Å². The summed E-state index contributed by atoms with van der Waals surface area (Å²) in [5, 5.41) is 0. The third-order valence-electron chi connectivity index (χ3n) is 3.14. The highest BCUT2D eigenvalue weighted by molar-refractivity contribution is 8.00. The van der Waals surface area contributed by atoms with Crippen LogP contribution in [0.25, 0.3) is 0 Å². The van der Waals surface area contributed by atoms with Gasteiger partial charge in [0.15, 0.2) is 0 Å². The van der Waals surface area contributed by atoms with Crippen LogP contribution < -0.4 is 5.73 Å². The van der Waals surface area contributed by atoms with Gasteiger partial charge in [-0.3, -0.25) is 4.79 Å². The van der Waals surface area contributed by atoms with E-state index in [4.69, 9.17) is 5.73 Å². The molecule has 1 amide bonds. The van der Waals surface area contributed by atoms with Gasteiger partial charge in [0.2, 0.25) is 5.91 Å². The molecule has 102 valence electrons. The molecule has 0 aliphatic heterocycles. The molecule has 1 aromatic rings. The Morgan fingerprint density at radius 3 is 2.95 bits per heavy atom. The van der Waals surface area contributed by atoms with Crippen molar-refractivity contribution in [2.45, 2.75) is 24.2 Å². The molecule has 0 saturated heterocycles. The zero-order chi connectivity index (χ0) is 13.8. The number of rotatable bonds is 4. The number of amides is 1. The summed E-state index contributed by atoms with van der Waals surface area (Å²) >= 11 is 1.34. The Hall–Kier alpha value is -1.49. The van der Waals surface area contributed by atoms with Crippen molar-refractivity contribution in [3.8, 4) is 0 Å². The summed E-state index contributed by atoms with van der Waals surface area (Å²) in [6.45, 7) is 0. The Labute approximate surface area is 116 Å². The molecule has 19 heavy (non-hydrogen) atoms. The molecular weight excluding hydrogens is 263 g/mol. The second-order valence-electron chi connectivity index (χ2n) is 4.51. The fraction of sp³-hybridized carbons (Fsp3) is 0.357. The van der Waals surface area contributed by atoms with Crippen molar-refractivity contribution >= 4 is 23.4 Å². The van der Waals surface area contributed by atoms with Crippen LogP contribution in [-0.4, -0.2) is 23.6 Å². The maximum absolute atomic E-state index is 12.9. The number of hydrogen-bond acceptors (Lipinski definition) is 3. The van der Waals surface area contributed by atoms with Gasteiger partial charge in [0.25, 0.3) is 0 Å². The van der Waals surface area contributed by atoms with Gasteiger partial charge in [-0.1, -0.05) is 6.08 Å². The SMILES string of the molecule is CN(C(=O)CSc1ccc(F)cc1N)C1=CCCC1. The lowest BCUT2D eigenvalue weighted by Crippen LogP contribution is -2.27. The minimum absolute atomic E-state index is 0.0434. The number of nitrogens with zero attached hydrogens (tertiary/aromatic N) is 1. The average Bonchev–Trinajstić information content (AvgIpc) is 2.90. The quantitative estimate of drug-likeness (QED) is 0.681. The summed E-state index contributed by atoms with van der Waals surface area (Å²) in [5.74, 6) is -0.00721. The fourth-order valence-corrected chi connectivity index (χ4v) is 2.87. The standard InChI is InChI=1S/C14H17FN2OS/c1-17(11-4-2-3-5-11)14(18)9-19-13-7-6-10(15)8-12(13)16/h4,6-8H,2-3,5,9,16H2,1H3. The van der Waals surface area contributed by atoms with Gasteiger partial charge < -0.3 is 10.6 Å². The van der Waals surface area contributed by atoms with Crippen LogP contribution in [0.1, 0.15) is 19.3 Å². The molecule has 0 fully saturated rings. The van der Waals surface area contributed by atoms with E-state index in [2.05, 4.69) is 6.08 Å². The number of benzene rings is 1. The van der Waals surface area contributed by atoms with Crippen molar-refractivity contribution in [1.82, 2.24) is 4.90 Å². The molecule has 0 heterocycles. The summed E-state index contributed by atoms with van der Waals surface area (Å²) in [7, 11) is 1.80. The van der Waals surface area contributed by atoms with E-state index in [1.54, 1.807) is 18.0 Å². The first kappa shape index (κ1) is 13.9. The smallest absolute Gasteiger partial charge is 0.236 e. The van der Waals surface area contributed by atoms with Crippen molar-refractivity contribution in [2.24, 2.45) is 0 Å². The molecule has 2 N–H and O–H groups in total. The largest absolute Gasteiger partial charge is 0.398 e. The Morgan fingerprint density at radius 1 is 1.53 bits per heavy atom. The van der Waals surface area contributed by atoms with Gasteiger partial charge in [0.1, 0.15) is 5.82 Å². The summed E-state index contributed by atoms with van der Waals surface area (Å²) in [4.78, 5) is 14.5. The van der Waals surface area contributed by atoms with Crippen LogP contribution >= 0.6 is 11.8 Å². The van der Waals surface area contributed by atoms with Crippen LogP contribution in [0.3, 0.4) is 0 Å². The summed E-state index contributed by atoms with van der Waals surface area (Å²) in [6.07, 6.45) is 5.23. The number of hydrogen-bond donors (Lipinski definition) is 1. The third-order valence-corrected chi connectivity index (χ3v) is 4.22. The van der Waals surface area contributed by atoms with Crippen molar-refractivity contribution < 1.29 is 9.18 Å². The predicted octanol–water partition coefficient (Wildman–Crippen LogP) is 3.03. The van der Waals surface area contributed by atoms with Crippen LogP contribution in [0, 0.1) is 5.82 Å². The second kappa shape index (κ2) is 6.10. The molecule has 0 bridgehead atoms. The lowest BCUT2D eigenvalue weighted by molar-refractivity contribution is -0.125. The van der Waals surface area contributed by atoms with E-state index in [1.165, 1.54) is 23.9 Å². The van der Waals surface area contributed by atoms with Crippen LogP contribution in [0.5, 0.6) is 0 Å². The highest BCUT2D eigenvalue weighted by atomic mass is 32.2. The molecular formula is C14H17FN2OS. The highest BCUT2D eigenvalue weighted by Crippen LogP contribution is 2.27. The molecule has 1 aliphatic carbocycles. The molecule has 0 spiro atoms. The van der Waals surface area contributed by atoms with Crippen molar-refractivity contribution in [1.29, 1.82) is 0 Å². The summed E-state index contributed by atoms with van der Waals surface area (Å²) in [5.41, 5.74) is 7.18. The van der Waals surface area contributed by atoms with E-state index >= 15 is 0 Å². The maximum atomic E-state index is 12.9. The third kappa shape index (κ3) is 3.50. The number of nitrogen functional groups attached to an aromatic ring is 1. The normalized spacial score (nSPS) is 14.3. The van der Waals surface area contributed by atoms with E-state index in [9.17, 15) is 9.18 Å². The van der Waals surface area contributed by atoms with Crippen molar-refractivity contribution in [2.75, 3.05) is 18.5 Å². The Balaban J connectivity index is 1.92. The van der Waals surface area contributed by atoms with Gasteiger partial charge in [-0.25, -0.2) is 4.39 Å². The zero-order valence-corrected chi connectivity index (χ0v) is 11.7. The maximum Gasteiger partial charge on any atom is 0.236 e. The molecule has 3 nitrogen and oxygen atoms in total. The first-order valence-electron chi connectivity index (χ1n) is 6.21.